The van der Waals surface area contributed by atoms with Crippen molar-refractivity contribution in [2.75, 3.05) is 0 Å². The number of fused-ring (bicyclic) bond motifs is 10. The third-order valence-electron chi connectivity index (χ3n) is 21.5. The van der Waals surface area contributed by atoms with Crippen LogP contribution in [0.25, 0.3) is 44.3 Å². The van der Waals surface area contributed by atoms with Gasteiger partial charge >= 0.3 is 14.2 Å². The first-order chi connectivity index (χ1) is 41.9. The molecule has 2 N–H and O–H groups in total. The van der Waals surface area contributed by atoms with Crippen molar-refractivity contribution in [1.29, 1.82) is 0 Å². The second-order valence-corrected chi connectivity index (χ2v) is 28.5. The van der Waals surface area contributed by atoms with Crippen LogP contribution >= 0.6 is 0 Å². The molecule has 3 aromatic carbocycles. The Morgan fingerprint density at radius 2 is 0.628 bits per heavy atom. The predicted octanol–water partition coefficient (Wildman–Crippen LogP) is 20.5. The highest BCUT2D eigenvalue weighted by atomic mass is 16.7. The van der Waals surface area contributed by atoms with Gasteiger partial charge in [-0.25, -0.2) is 9.26 Å². The predicted molar refractivity (Wildman–Crippen MR) is 361 cm³/mol. The second-order valence-electron chi connectivity index (χ2n) is 28.5. The van der Waals surface area contributed by atoms with Crippen LogP contribution in [0.4, 0.5) is 0 Å². The Bertz CT molecular complexity index is 2740. The van der Waals surface area contributed by atoms with E-state index in [9.17, 15) is 10.0 Å². The third kappa shape index (κ3) is 16.5. The maximum absolute atomic E-state index is 11.2. The molecule has 476 valence electrons. The Kier molecular flexibility index (Phi) is 27.0. The zero-order valence-electron chi connectivity index (χ0n) is 55.9. The van der Waals surface area contributed by atoms with Gasteiger partial charge in [-0.1, -0.05) is 307 Å². The van der Waals surface area contributed by atoms with Gasteiger partial charge in [-0.3, -0.25) is 0 Å². The summed E-state index contributed by atoms with van der Waals surface area (Å²) < 4.78 is 25.5. The van der Waals surface area contributed by atoms with Crippen molar-refractivity contribution in [3.63, 3.8) is 0 Å². The molecule has 0 bridgehead atoms. The zero-order valence-corrected chi connectivity index (χ0v) is 55.9. The van der Waals surface area contributed by atoms with Gasteiger partial charge in [0.1, 0.15) is 22.1 Å². The minimum Gasteiger partial charge on any atom is -0.423 e. The molecule has 0 saturated carbocycles. The lowest BCUT2D eigenvalue weighted by Gasteiger charge is -2.35. The summed E-state index contributed by atoms with van der Waals surface area (Å²) in [5.41, 5.74) is 11.9. The van der Waals surface area contributed by atoms with Crippen molar-refractivity contribution in [3.05, 3.63) is 46.5 Å². The fourth-order valence-electron chi connectivity index (χ4n) is 15.7. The molecule has 3 heterocycles. The number of aromatic nitrogens is 4. The molecule has 0 spiro atoms. The van der Waals surface area contributed by atoms with Crippen LogP contribution in [0, 0.1) is 0 Å². The standard InChI is InChI=1S/C74H118B2N4O6/c1-9-13-17-21-25-29-33-37-41-45-49-73(50-46-42-38-34-30-26-22-18-14-10-2)59-54-58-60(53-57(59)65-61(73)55-63(75(81)82)67-69(65)79-85-77-67)74(51-47-43-39-35-31-27-23-19-15-11-3,52-48-44-40-36-32-28-24-20-16-12-4)62-56-64(68-70(66(58)62)80-86-78-68)76-83-71(5,6)72(7,8)84-76/h53-56,81-82H,9-52H2,1-8H3. The topological polar surface area (TPSA) is 137 Å². The molecule has 2 aromatic heterocycles. The zero-order chi connectivity index (χ0) is 60.8. The Morgan fingerprint density at radius 3 is 0.953 bits per heavy atom. The van der Waals surface area contributed by atoms with Crippen molar-refractivity contribution in [3.8, 4) is 22.3 Å². The normalized spacial score (nSPS) is 16.0. The molecule has 86 heavy (non-hydrogen) atoms. The monoisotopic (exact) mass is 1180 g/mol. The van der Waals surface area contributed by atoms with E-state index < -0.39 is 30.9 Å². The number of hydrogen-bond donors (Lipinski definition) is 2. The van der Waals surface area contributed by atoms with Crippen LogP contribution in [-0.2, 0) is 20.1 Å². The lowest BCUT2D eigenvalue weighted by Crippen LogP contribution is -2.41. The van der Waals surface area contributed by atoms with Crippen LogP contribution in [0.5, 0.6) is 0 Å². The Labute approximate surface area is 522 Å². The van der Waals surface area contributed by atoms with E-state index in [1.54, 1.807) is 0 Å². The van der Waals surface area contributed by atoms with E-state index in [1.165, 1.54) is 259 Å². The molecule has 0 unspecified atom stereocenters. The molecule has 1 saturated heterocycles. The highest BCUT2D eigenvalue weighted by Crippen LogP contribution is 2.62. The first-order valence-corrected chi connectivity index (χ1v) is 36.4. The second kappa shape index (κ2) is 34.0. The van der Waals surface area contributed by atoms with Crippen molar-refractivity contribution in [2.45, 2.75) is 360 Å². The van der Waals surface area contributed by atoms with E-state index in [1.807, 2.05) is 0 Å². The molecule has 1 fully saturated rings. The fourth-order valence-corrected chi connectivity index (χ4v) is 15.7. The van der Waals surface area contributed by atoms with Gasteiger partial charge in [-0.2, -0.15) is 0 Å². The summed E-state index contributed by atoms with van der Waals surface area (Å²) >= 11 is 0. The van der Waals surface area contributed by atoms with Crippen molar-refractivity contribution in [2.24, 2.45) is 0 Å². The van der Waals surface area contributed by atoms with Crippen LogP contribution < -0.4 is 10.9 Å². The van der Waals surface area contributed by atoms with Crippen LogP contribution in [0.1, 0.15) is 360 Å². The van der Waals surface area contributed by atoms with Crippen LogP contribution in [0.15, 0.2) is 33.5 Å². The van der Waals surface area contributed by atoms with Crippen LogP contribution in [-0.4, -0.2) is 56.1 Å². The summed E-state index contributed by atoms with van der Waals surface area (Å²) in [6.07, 6.45) is 55.1. The summed E-state index contributed by atoms with van der Waals surface area (Å²) in [7, 11) is -2.35. The maximum Gasteiger partial charge on any atom is 0.497 e. The lowest BCUT2D eigenvalue weighted by atomic mass is 9.67. The molecular formula is C74H118B2N4O6. The van der Waals surface area contributed by atoms with Crippen molar-refractivity contribution >= 4 is 47.2 Å². The minimum atomic E-state index is -1.72. The Balaban J connectivity index is 1.24. The van der Waals surface area contributed by atoms with Gasteiger partial charge in [0.2, 0.25) is 0 Å². The Morgan fingerprint density at radius 1 is 0.349 bits per heavy atom. The molecule has 5 aromatic rings. The highest BCUT2D eigenvalue weighted by Gasteiger charge is 2.55. The Hall–Kier alpha value is -3.57. The number of hydrogen-bond acceptors (Lipinski definition) is 10. The SMILES string of the molecule is CCCCCCCCCCCCC1(CCCCCCCCCCCC)c2cc3c(cc2-c2c1cc(B(O)O)c1nonc21)C(CCCCCCCCCCCC)(CCCCCCCCCCCC)c1cc(B2OC(C)(C)C(C)(C)O2)c2nonc2c1-3. The summed E-state index contributed by atoms with van der Waals surface area (Å²) in [5, 5.41) is 41.3. The number of rotatable bonds is 46. The molecule has 0 atom stereocenters. The summed E-state index contributed by atoms with van der Waals surface area (Å²) in [6.45, 7) is 17.8. The average molecular weight is 1180 g/mol. The van der Waals surface area contributed by atoms with Gasteiger partial charge in [0, 0.05) is 32.9 Å². The summed E-state index contributed by atoms with van der Waals surface area (Å²) in [6, 6.07) is 9.75. The first-order valence-electron chi connectivity index (χ1n) is 36.4. The molecular weight excluding hydrogens is 1060 g/mol. The smallest absolute Gasteiger partial charge is 0.423 e. The largest absolute Gasteiger partial charge is 0.497 e. The molecule has 0 radical (unpaired) electrons. The van der Waals surface area contributed by atoms with Crippen molar-refractivity contribution < 1.29 is 28.6 Å². The minimum absolute atomic E-state index is 0.341. The molecule has 3 aliphatic rings. The molecule has 8 rings (SSSR count). The van der Waals surface area contributed by atoms with Crippen molar-refractivity contribution in [1.82, 2.24) is 20.6 Å². The highest BCUT2D eigenvalue weighted by molar-refractivity contribution is 6.65. The van der Waals surface area contributed by atoms with E-state index in [0.717, 1.165) is 79.0 Å². The molecule has 1 aliphatic heterocycles. The molecule has 12 heteroatoms. The summed E-state index contributed by atoms with van der Waals surface area (Å²) in [4.78, 5) is 0. The van der Waals surface area contributed by atoms with Crippen LogP contribution in [0.3, 0.4) is 0 Å². The van der Waals surface area contributed by atoms with E-state index in [4.69, 9.17) is 34.0 Å². The first kappa shape index (κ1) is 68.3. The molecule has 2 aliphatic carbocycles. The molecule has 0 amide bonds. The van der Waals surface area contributed by atoms with Crippen LogP contribution in [0.2, 0.25) is 0 Å². The van der Waals surface area contributed by atoms with Gasteiger partial charge < -0.3 is 19.4 Å². The van der Waals surface area contributed by atoms with E-state index >= 15 is 0 Å². The fraction of sp³-hybridized carbons (Fsp3) is 0.757. The molecule has 10 nitrogen and oxygen atoms in total. The maximum atomic E-state index is 11.2. The van der Waals surface area contributed by atoms with E-state index in [0.29, 0.717) is 22.0 Å². The van der Waals surface area contributed by atoms with Gasteiger partial charge in [0.15, 0.2) is 0 Å². The third-order valence-corrected chi connectivity index (χ3v) is 21.5. The van der Waals surface area contributed by atoms with Gasteiger partial charge in [-0.15, -0.1) is 0 Å². The number of nitrogens with zero attached hydrogens (tertiary/aromatic N) is 4. The van der Waals surface area contributed by atoms with Gasteiger partial charge in [-0.05, 0) is 109 Å². The van der Waals surface area contributed by atoms with Gasteiger partial charge in [0.25, 0.3) is 0 Å². The number of unbranched alkanes of at least 4 members (excludes halogenated alkanes) is 36. The average Bonchev–Trinajstić information content (AvgIpc) is 1.53. The van der Waals surface area contributed by atoms with Gasteiger partial charge in [0.05, 0.1) is 11.2 Å². The number of benzene rings is 3. The summed E-state index contributed by atoms with van der Waals surface area (Å²) in [5.74, 6) is 0. The van der Waals surface area contributed by atoms with E-state index in [2.05, 4.69) is 84.8 Å². The van der Waals surface area contributed by atoms with E-state index in [-0.39, 0.29) is 5.41 Å². The quantitative estimate of drug-likeness (QED) is 0.0286. The lowest BCUT2D eigenvalue weighted by molar-refractivity contribution is 0.00578.